The van der Waals surface area contributed by atoms with Crippen molar-refractivity contribution in [2.24, 2.45) is 5.41 Å². The van der Waals surface area contributed by atoms with E-state index in [1.165, 1.54) is 5.56 Å². The monoisotopic (exact) mass is 260 g/mol. The molecule has 0 atom stereocenters. The van der Waals surface area contributed by atoms with Gasteiger partial charge in [0, 0.05) is 12.7 Å². The number of aryl methyl sites for hydroxylation is 1. The zero-order valence-corrected chi connectivity index (χ0v) is 12.5. The fourth-order valence-corrected chi connectivity index (χ4v) is 1.43. The molecule has 0 aliphatic heterocycles. The third-order valence-corrected chi connectivity index (χ3v) is 3.30. The van der Waals surface area contributed by atoms with Gasteiger partial charge in [0.1, 0.15) is 0 Å². The molecule has 1 rings (SSSR count). The normalized spacial score (nSPS) is 12.2. The molecule has 2 N–H and O–H groups in total. The Bertz CT molecular complexity index is 470. The average molecular weight is 260 g/mol. The minimum atomic E-state index is -0.174. The Morgan fingerprint density at radius 2 is 1.89 bits per heavy atom. The second kappa shape index (κ2) is 6.41. The fraction of sp³-hybridized carbons (Fsp3) is 0.438. The maximum absolute atomic E-state index is 11.7. The van der Waals surface area contributed by atoms with Crippen molar-refractivity contribution in [1.29, 1.82) is 0 Å². The van der Waals surface area contributed by atoms with E-state index in [0.717, 1.165) is 11.1 Å². The number of amides is 2. The summed E-state index contributed by atoms with van der Waals surface area (Å²) in [4.78, 5) is 11.7. The van der Waals surface area contributed by atoms with Gasteiger partial charge in [0.2, 0.25) is 0 Å². The fourth-order valence-electron chi connectivity index (χ4n) is 1.43. The second-order valence-electron chi connectivity index (χ2n) is 5.83. The van der Waals surface area contributed by atoms with Gasteiger partial charge in [-0.2, -0.15) is 0 Å². The maximum Gasteiger partial charge on any atom is 0.319 e. The van der Waals surface area contributed by atoms with Gasteiger partial charge in [0.25, 0.3) is 0 Å². The zero-order valence-electron chi connectivity index (χ0n) is 12.5. The third kappa shape index (κ3) is 5.16. The first-order chi connectivity index (χ1) is 8.80. The van der Waals surface area contributed by atoms with Crippen molar-refractivity contribution >= 4 is 6.03 Å². The van der Waals surface area contributed by atoms with Crippen LogP contribution in [0, 0.1) is 12.3 Å². The molecule has 19 heavy (non-hydrogen) atoms. The van der Waals surface area contributed by atoms with Crippen molar-refractivity contribution in [1.82, 2.24) is 10.6 Å². The van der Waals surface area contributed by atoms with Crippen LogP contribution in [0.5, 0.6) is 0 Å². The van der Waals surface area contributed by atoms with E-state index in [1.54, 1.807) is 6.20 Å². The van der Waals surface area contributed by atoms with Gasteiger partial charge < -0.3 is 10.6 Å². The zero-order chi connectivity index (χ0) is 14.5. The molecule has 0 aromatic heterocycles. The van der Waals surface area contributed by atoms with Gasteiger partial charge in [0.15, 0.2) is 0 Å². The summed E-state index contributed by atoms with van der Waals surface area (Å²) >= 11 is 0. The van der Waals surface area contributed by atoms with Crippen molar-refractivity contribution in [2.45, 2.75) is 41.2 Å². The molecule has 0 bridgehead atoms. The number of carbonyl (C=O) groups is 1. The van der Waals surface area contributed by atoms with E-state index in [0.29, 0.717) is 6.54 Å². The number of carbonyl (C=O) groups excluding carboxylic acids is 1. The molecular formula is C16H24N2O. The number of benzene rings is 1. The van der Waals surface area contributed by atoms with Gasteiger partial charge in [-0.05, 0) is 30.4 Å². The molecule has 0 radical (unpaired) electrons. The summed E-state index contributed by atoms with van der Waals surface area (Å²) in [6.07, 6.45) is 1.77. The van der Waals surface area contributed by atoms with Crippen LogP contribution < -0.4 is 10.6 Å². The number of rotatable bonds is 3. The van der Waals surface area contributed by atoms with Gasteiger partial charge in [-0.3, -0.25) is 0 Å². The number of hydrogen-bond acceptors (Lipinski definition) is 1. The number of allylic oxidation sites excluding steroid dienone is 1. The second-order valence-corrected chi connectivity index (χ2v) is 5.83. The Morgan fingerprint density at radius 1 is 1.26 bits per heavy atom. The number of nitrogens with one attached hydrogen (secondary N) is 2. The van der Waals surface area contributed by atoms with E-state index in [9.17, 15) is 4.79 Å². The van der Waals surface area contributed by atoms with Gasteiger partial charge in [-0.15, -0.1) is 0 Å². The van der Waals surface area contributed by atoms with Crippen LogP contribution in [0.25, 0.3) is 0 Å². The highest BCUT2D eigenvalue weighted by atomic mass is 16.2. The van der Waals surface area contributed by atoms with Crippen LogP contribution in [0.2, 0.25) is 0 Å². The predicted molar refractivity (Wildman–Crippen MR) is 79.8 cm³/mol. The largest absolute Gasteiger partial charge is 0.334 e. The summed E-state index contributed by atoms with van der Waals surface area (Å²) in [7, 11) is 0. The molecule has 1 aromatic rings. The van der Waals surface area contributed by atoms with Crippen molar-refractivity contribution in [2.75, 3.05) is 0 Å². The molecule has 2 amide bonds. The minimum absolute atomic E-state index is 0.0727. The van der Waals surface area contributed by atoms with Crippen molar-refractivity contribution in [3.63, 3.8) is 0 Å². The Kier molecular flexibility index (Phi) is 5.16. The van der Waals surface area contributed by atoms with E-state index in [1.807, 2.05) is 38.1 Å². The van der Waals surface area contributed by atoms with Crippen molar-refractivity contribution in [3.05, 3.63) is 47.2 Å². The summed E-state index contributed by atoms with van der Waals surface area (Å²) in [6.45, 7) is 10.9. The van der Waals surface area contributed by atoms with Crippen LogP contribution in [0.4, 0.5) is 4.79 Å². The lowest BCUT2D eigenvalue weighted by Gasteiger charge is -2.19. The molecule has 0 aliphatic carbocycles. The predicted octanol–water partition coefficient (Wildman–Crippen LogP) is 3.74. The lowest BCUT2D eigenvalue weighted by Crippen LogP contribution is -2.32. The summed E-state index contributed by atoms with van der Waals surface area (Å²) in [6, 6.07) is 7.86. The first kappa shape index (κ1) is 15.3. The highest BCUT2D eigenvalue weighted by Crippen LogP contribution is 2.23. The highest BCUT2D eigenvalue weighted by molar-refractivity contribution is 5.75. The van der Waals surface area contributed by atoms with E-state index >= 15 is 0 Å². The lowest BCUT2D eigenvalue weighted by atomic mass is 9.88. The molecular weight excluding hydrogens is 236 g/mol. The van der Waals surface area contributed by atoms with Crippen LogP contribution in [-0.4, -0.2) is 6.03 Å². The number of hydrogen-bond donors (Lipinski definition) is 2. The quantitative estimate of drug-likeness (QED) is 0.854. The Hall–Kier alpha value is -1.77. The van der Waals surface area contributed by atoms with Crippen LogP contribution in [0.1, 0.15) is 38.8 Å². The van der Waals surface area contributed by atoms with Crippen LogP contribution in [-0.2, 0) is 6.54 Å². The molecule has 0 saturated carbocycles. The molecule has 1 aromatic carbocycles. The third-order valence-electron chi connectivity index (χ3n) is 3.30. The van der Waals surface area contributed by atoms with Gasteiger partial charge in [-0.1, -0.05) is 50.6 Å². The lowest BCUT2D eigenvalue weighted by molar-refractivity contribution is 0.243. The van der Waals surface area contributed by atoms with Crippen LogP contribution >= 0.6 is 0 Å². The average Bonchev–Trinajstić information content (AvgIpc) is 2.33. The Balaban J connectivity index is 2.48. The van der Waals surface area contributed by atoms with Crippen molar-refractivity contribution < 1.29 is 4.79 Å². The van der Waals surface area contributed by atoms with E-state index in [4.69, 9.17) is 0 Å². The van der Waals surface area contributed by atoms with E-state index in [2.05, 4.69) is 31.4 Å². The van der Waals surface area contributed by atoms with Crippen molar-refractivity contribution in [3.8, 4) is 0 Å². The van der Waals surface area contributed by atoms with Gasteiger partial charge >= 0.3 is 6.03 Å². The Morgan fingerprint density at radius 3 is 2.47 bits per heavy atom. The topological polar surface area (TPSA) is 41.1 Å². The summed E-state index contributed by atoms with van der Waals surface area (Å²) in [5, 5.41) is 5.62. The SMILES string of the molecule is C/C(=C\NC(=O)NCc1ccccc1C)C(C)(C)C. The first-order valence-electron chi connectivity index (χ1n) is 6.57. The first-order valence-corrected chi connectivity index (χ1v) is 6.57. The van der Waals surface area contributed by atoms with E-state index < -0.39 is 0 Å². The number of urea groups is 1. The standard InChI is InChI=1S/C16H24N2O/c1-12-8-6-7-9-14(12)11-18-15(19)17-10-13(2)16(3,4)5/h6-10H,11H2,1-5H3,(H2,17,18,19)/b13-10+. The Labute approximate surface area is 116 Å². The summed E-state index contributed by atoms with van der Waals surface area (Å²) < 4.78 is 0. The molecule has 3 heteroatoms. The molecule has 0 spiro atoms. The van der Waals surface area contributed by atoms with Gasteiger partial charge in [0.05, 0.1) is 0 Å². The van der Waals surface area contributed by atoms with E-state index in [-0.39, 0.29) is 11.4 Å². The minimum Gasteiger partial charge on any atom is -0.334 e. The summed E-state index contributed by atoms with van der Waals surface area (Å²) in [5.41, 5.74) is 3.53. The van der Waals surface area contributed by atoms with Gasteiger partial charge in [-0.25, -0.2) is 4.79 Å². The molecule has 3 nitrogen and oxygen atoms in total. The smallest absolute Gasteiger partial charge is 0.319 e. The maximum atomic E-state index is 11.7. The molecule has 0 saturated heterocycles. The molecule has 0 heterocycles. The molecule has 0 unspecified atom stereocenters. The molecule has 0 aliphatic rings. The summed E-state index contributed by atoms with van der Waals surface area (Å²) in [5.74, 6) is 0. The van der Waals surface area contributed by atoms with Crippen LogP contribution in [0.3, 0.4) is 0 Å². The highest BCUT2D eigenvalue weighted by Gasteiger charge is 2.12. The van der Waals surface area contributed by atoms with Crippen LogP contribution in [0.15, 0.2) is 36.0 Å². The molecule has 104 valence electrons. The molecule has 0 fully saturated rings.